The lowest BCUT2D eigenvalue weighted by Gasteiger charge is -2.63. The third-order valence-electron chi connectivity index (χ3n) is 11.9. The van der Waals surface area contributed by atoms with Gasteiger partial charge in [-0.05, 0) is 80.1 Å². The van der Waals surface area contributed by atoms with Crippen LogP contribution < -0.4 is 0 Å². The number of Topliss-reactive ketones (excluding diaryl/α,β-unsaturated/α-hetero) is 1. The Morgan fingerprint density at radius 3 is 2.27 bits per heavy atom. The molecule has 0 aromatic carbocycles. The standard InChI is InChI=1S/C33H54N2O6/c1-31-13-11-23(41-29(38)19-35(6,7)8)16-22(31)9-10-26-25(31)12-14-32(2)30(21-15-28(37)40-20-21)24(17-33(26,32)39)27(36)18-34(3,4)5/h15,22-26,30,39H,9-14,16-20H2,1-8H3/q+2. The summed E-state index contributed by atoms with van der Waals surface area (Å²) < 4.78 is 12.4. The first-order valence-electron chi connectivity index (χ1n) is 15.8. The van der Waals surface area contributed by atoms with Gasteiger partial charge < -0.3 is 23.5 Å². The minimum atomic E-state index is -0.972. The zero-order valence-corrected chi connectivity index (χ0v) is 26.7. The average Bonchev–Trinajstić information content (AvgIpc) is 3.34. The number of ether oxygens (including phenoxy) is 2. The highest BCUT2D eigenvalue weighted by Gasteiger charge is 2.71. The predicted molar refractivity (Wildman–Crippen MR) is 155 cm³/mol. The van der Waals surface area contributed by atoms with Crippen LogP contribution in [0, 0.1) is 40.4 Å². The van der Waals surface area contributed by atoms with Crippen LogP contribution in [-0.2, 0) is 23.9 Å². The van der Waals surface area contributed by atoms with Crippen molar-refractivity contribution >= 4 is 17.7 Å². The Labute approximate surface area is 246 Å². The molecule has 230 valence electrons. The van der Waals surface area contributed by atoms with Crippen LogP contribution in [0.3, 0.4) is 0 Å². The van der Waals surface area contributed by atoms with E-state index in [0.717, 1.165) is 50.5 Å². The number of esters is 2. The summed E-state index contributed by atoms with van der Waals surface area (Å²) >= 11 is 0. The molecule has 9 unspecified atom stereocenters. The summed E-state index contributed by atoms with van der Waals surface area (Å²) in [6.07, 6.45) is 8.57. The monoisotopic (exact) mass is 574 g/mol. The number of nitrogens with zero attached hydrogens (tertiary/aromatic N) is 2. The number of hydrogen-bond donors (Lipinski definition) is 1. The lowest BCUT2D eigenvalue weighted by Crippen LogP contribution is -2.62. The summed E-state index contributed by atoms with van der Waals surface area (Å²) in [6.45, 7) is 5.61. The second-order valence-electron chi connectivity index (χ2n) is 16.7. The van der Waals surface area contributed by atoms with Gasteiger partial charge in [-0.1, -0.05) is 13.8 Å². The molecule has 0 spiro atoms. The summed E-state index contributed by atoms with van der Waals surface area (Å²) in [5, 5.41) is 12.9. The van der Waals surface area contributed by atoms with Crippen LogP contribution in [0.25, 0.3) is 0 Å². The molecule has 5 rings (SSSR count). The molecule has 0 amide bonds. The molecule has 9 atom stereocenters. The quantitative estimate of drug-likeness (QED) is 0.371. The number of carbonyl (C=O) groups is 3. The van der Waals surface area contributed by atoms with E-state index in [9.17, 15) is 19.5 Å². The molecule has 1 heterocycles. The van der Waals surface area contributed by atoms with Crippen molar-refractivity contribution < 1.29 is 37.9 Å². The first-order valence-corrected chi connectivity index (χ1v) is 15.8. The van der Waals surface area contributed by atoms with Crippen molar-refractivity contribution in [1.29, 1.82) is 0 Å². The minimum Gasteiger partial charge on any atom is -0.458 e. The van der Waals surface area contributed by atoms with E-state index in [0.29, 0.717) is 40.3 Å². The van der Waals surface area contributed by atoms with E-state index in [1.54, 1.807) is 6.08 Å². The maximum Gasteiger partial charge on any atom is 0.362 e. The minimum absolute atomic E-state index is 0.0270. The molecule has 5 aliphatic rings. The van der Waals surface area contributed by atoms with Gasteiger partial charge in [0.25, 0.3) is 0 Å². The first-order chi connectivity index (χ1) is 18.9. The molecule has 0 saturated heterocycles. The average molecular weight is 575 g/mol. The molecular weight excluding hydrogens is 520 g/mol. The van der Waals surface area contributed by atoms with E-state index >= 15 is 0 Å². The Hall–Kier alpha value is -1.77. The van der Waals surface area contributed by atoms with Crippen molar-refractivity contribution in [3.8, 4) is 0 Å². The SMILES string of the molecule is CC12CCC(OC(=O)C[N+](C)(C)C)CC1CCC1C2CCC2(C)C(C3=CC(=O)OC3)C(C(=O)C[N+](C)(C)C)CC12O. The number of aliphatic hydroxyl groups is 1. The van der Waals surface area contributed by atoms with Gasteiger partial charge in [0.15, 0.2) is 12.3 Å². The van der Waals surface area contributed by atoms with Crippen molar-refractivity contribution in [3.05, 3.63) is 11.6 Å². The van der Waals surface area contributed by atoms with Crippen LogP contribution in [0.1, 0.15) is 65.2 Å². The number of carbonyl (C=O) groups excluding carboxylic acids is 3. The highest BCUT2D eigenvalue weighted by atomic mass is 16.5. The van der Waals surface area contributed by atoms with Crippen molar-refractivity contribution in [3.63, 3.8) is 0 Å². The van der Waals surface area contributed by atoms with Crippen LogP contribution in [0.2, 0.25) is 0 Å². The molecule has 0 bridgehead atoms. The Morgan fingerprint density at radius 2 is 1.66 bits per heavy atom. The lowest BCUT2D eigenvalue weighted by atomic mass is 9.43. The fourth-order valence-corrected chi connectivity index (χ4v) is 10.1. The van der Waals surface area contributed by atoms with E-state index in [-0.39, 0.29) is 53.6 Å². The van der Waals surface area contributed by atoms with Crippen molar-refractivity contribution in [2.24, 2.45) is 40.4 Å². The molecule has 0 aromatic heterocycles. The topological polar surface area (TPSA) is 89.9 Å². The second kappa shape index (κ2) is 10.2. The summed E-state index contributed by atoms with van der Waals surface area (Å²) in [7, 11) is 12.1. The second-order valence-corrected chi connectivity index (χ2v) is 16.7. The van der Waals surface area contributed by atoms with Crippen LogP contribution in [-0.4, -0.2) is 105 Å². The maximum absolute atomic E-state index is 13.9. The van der Waals surface area contributed by atoms with Crippen LogP contribution in [0.15, 0.2) is 11.6 Å². The summed E-state index contributed by atoms with van der Waals surface area (Å²) in [4.78, 5) is 38.6. The van der Waals surface area contributed by atoms with Crippen molar-refractivity contribution in [2.45, 2.75) is 76.9 Å². The smallest absolute Gasteiger partial charge is 0.362 e. The fourth-order valence-electron chi connectivity index (χ4n) is 10.1. The molecule has 0 aromatic rings. The van der Waals surface area contributed by atoms with E-state index in [1.807, 2.05) is 42.3 Å². The van der Waals surface area contributed by atoms with Crippen LogP contribution >= 0.6 is 0 Å². The van der Waals surface area contributed by atoms with Gasteiger partial charge in [-0.25, -0.2) is 9.59 Å². The molecule has 4 aliphatic carbocycles. The first kappa shape index (κ1) is 30.7. The van der Waals surface area contributed by atoms with Gasteiger partial charge in [0.05, 0.1) is 47.9 Å². The Kier molecular flexibility index (Phi) is 7.60. The Morgan fingerprint density at radius 1 is 0.976 bits per heavy atom. The molecule has 1 N–H and O–H groups in total. The van der Waals surface area contributed by atoms with E-state index in [4.69, 9.17) is 9.47 Å². The normalized spacial score (nSPS) is 42.5. The van der Waals surface area contributed by atoms with Gasteiger partial charge >= 0.3 is 11.9 Å². The van der Waals surface area contributed by atoms with Gasteiger partial charge in [-0.2, -0.15) is 0 Å². The van der Waals surface area contributed by atoms with Gasteiger partial charge in [0.2, 0.25) is 0 Å². The number of fused-ring (bicyclic) bond motifs is 5. The van der Waals surface area contributed by atoms with E-state index in [2.05, 4.69) is 13.8 Å². The molecule has 0 radical (unpaired) electrons. The highest BCUT2D eigenvalue weighted by Crippen LogP contribution is 2.71. The van der Waals surface area contributed by atoms with E-state index in [1.165, 1.54) is 0 Å². The summed E-state index contributed by atoms with van der Waals surface area (Å²) in [6, 6.07) is 0. The molecule has 8 heteroatoms. The molecule has 41 heavy (non-hydrogen) atoms. The Bertz CT molecular complexity index is 1120. The summed E-state index contributed by atoms with van der Waals surface area (Å²) in [5.41, 5.74) is -0.488. The number of hydrogen-bond acceptors (Lipinski definition) is 6. The van der Waals surface area contributed by atoms with Gasteiger partial charge in [0.1, 0.15) is 19.3 Å². The molecule has 4 fully saturated rings. The van der Waals surface area contributed by atoms with Gasteiger partial charge in [0, 0.05) is 23.3 Å². The van der Waals surface area contributed by atoms with Crippen LogP contribution in [0.5, 0.6) is 0 Å². The van der Waals surface area contributed by atoms with Crippen molar-refractivity contribution in [1.82, 2.24) is 0 Å². The van der Waals surface area contributed by atoms with Crippen molar-refractivity contribution in [2.75, 3.05) is 62.0 Å². The third kappa shape index (κ3) is 5.42. The Balaban J connectivity index is 1.40. The zero-order chi connectivity index (χ0) is 30.2. The zero-order valence-electron chi connectivity index (χ0n) is 26.7. The summed E-state index contributed by atoms with van der Waals surface area (Å²) in [5.74, 6) is 0.173. The number of likely N-dealkylation sites (N-methyl/N-ethyl adjacent to an activating group) is 2. The fraction of sp³-hybridized carbons (Fsp3) is 0.848. The van der Waals surface area contributed by atoms with Crippen LogP contribution in [0.4, 0.5) is 0 Å². The maximum atomic E-state index is 13.9. The number of quaternary nitrogens is 2. The van der Waals surface area contributed by atoms with Gasteiger partial charge in [-0.3, -0.25) is 4.79 Å². The lowest BCUT2D eigenvalue weighted by molar-refractivity contribution is -0.862. The van der Waals surface area contributed by atoms with Gasteiger partial charge in [-0.15, -0.1) is 0 Å². The molecular formula is C33H54N2O6+2. The number of ketones is 1. The highest BCUT2D eigenvalue weighted by molar-refractivity contribution is 5.87. The predicted octanol–water partition coefficient (Wildman–Crippen LogP) is 3.36. The molecule has 4 saturated carbocycles. The third-order valence-corrected chi connectivity index (χ3v) is 11.9. The number of rotatable bonds is 7. The largest absolute Gasteiger partial charge is 0.458 e. The number of cyclic esters (lactones) is 1. The molecule has 8 nitrogen and oxygen atoms in total. The van der Waals surface area contributed by atoms with E-state index < -0.39 is 11.0 Å². The molecule has 1 aliphatic heterocycles.